The van der Waals surface area contributed by atoms with Gasteiger partial charge in [0.15, 0.2) is 0 Å². The SMILES string of the molecule is CCNc1ccc(C(=O)NCc2cnc[nH]2)cc1[N+](=O)[O-]. The Morgan fingerprint density at radius 2 is 2.29 bits per heavy atom. The zero-order valence-corrected chi connectivity index (χ0v) is 11.4. The molecule has 8 heteroatoms. The quantitative estimate of drug-likeness (QED) is 0.553. The summed E-state index contributed by atoms with van der Waals surface area (Å²) >= 11 is 0. The zero-order chi connectivity index (χ0) is 15.2. The highest BCUT2D eigenvalue weighted by Gasteiger charge is 2.17. The second kappa shape index (κ2) is 6.51. The van der Waals surface area contributed by atoms with E-state index in [1.807, 2.05) is 6.92 Å². The molecule has 0 saturated carbocycles. The molecule has 3 N–H and O–H groups in total. The van der Waals surface area contributed by atoms with E-state index in [0.29, 0.717) is 12.2 Å². The van der Waals surface area contributed by atoms with Crippen LogP contribution in [0.1, 0.15) is 23.0 Å². The van der Waals surface area contributed by atoms with Gasteiger partial charge in [-0.3, -0.25) is 14.9 Å². The monoisotopic (exact) mass is 289 g/mol. The van der Waals surface area contributed by atoms with Gasteiger partial charge in [-0.25, -0.2) is 4.98 Å². The number of hydrogen-bond donors (Lipinski definition) is 3. The molecule has 0 radical (unpaired) electrons. The lowest BCUT2D eigenvalue weighted by molar-refractivity contribution is -0.384. The molecule has 0 unspecified atom stereocenters. The maximum Gasteiger partial charge on any atom is 0.293 e. The van der Waals surface area contributed by atoms with Gasteiger partial charge in [0.2, 0.25) is 0 Å². The van der Waals surface area contributed by atoms with Crippen molar-refractivity contribution in [3.05, 3.63) is 52.1 Å². The predicted molar refractivity (Wildman–Crippen MR) is 77.0 cm³/mol. The fraction of sp³-hybridized carbons (Fsp3) is 0.231. The average Bonchev–Trinajstić information content (AvgIpc) is 2.98. The number of amides is 1. The normalized spacial score (nSPS) is 10.1. The van der Waals surface area contributed by atoms with Crippen molar-refractivity contribution in [1.29, 1.82) is 0 Å². The molecule has 0 saturated heterocycles. The minimum atomic E-state index is -0.510. The molecule has 2 rings (SSSR count). The summed E-state index contributed by atoms with van der Waals surface area (Å²) in [6.07, 6.45) is 3.11. The standard InChI is InChI=1S/C13H15N5O3/c1-2-15-11-4-3-9(5-12(11)18(20)21)13(19)16-7-10-6-14-8-17-10/h3-6,8,15H,2,7H2,1H3,(H,14,17)(H,16,19). The predicted octanol–water partition coefficient (Wildman–Crippen LogP) is 1.68. The Kier molecular flexibility index (Phi) is 4.50. The zero-order valence-electron chi connectivity index (χ0n) is 11.4. The number of anilines is 1. The van der Waals surface area contributed by atoms with E-state index in [4.69, 9.17) is 0 Å². The number of nitrogens with zero attached hydrogens (tertiary/aromatic N) is 2. The van der Waals surface area contributed by atoms with Crippen LogP contribution in [0.25, 0.3) is 0 Å². The van der Waals surface area contributed by atoms with E-state index in [2.05, 4.69) is 20.6 Å². The number of imidazole rings is 1. The second-order valence-corrected chi connectivity index (χ2v) is 4.28. The summed E-state index contributed by atoms with van der Waals surface area (Å²) in [4.78, 5) is 29.2. The van der Waals surface area contributed by atoms with Crippen LogP contribution in [0.4, 0.5) is 11.4 Å². The molecule has 1 aromatic carbocycles. The molecule has 0 aliphatic heterocycles. The van der Waals surface area contributed by atoms with Crippen LogP contribution in [0.5, 0.6) is 0 Å². The van der Waals surface area contributed by atoms with Gasteiger partial charge in [0.05, 0.1) is 23.5 Å². The number of nitro groups is 1. The third-order valence-electron chi connectivity index (χ3n) is 2.82. The van der Waals surface area contributed by atoms with Crippen molar-refractivity contribution in [3.8, 4) is 0 Å². The Hall–Kier alpha value is -2.90. The first kappa shape index (κ1) is 14.5. The van der Waals surface area contributed by atoms with E-state index in [9.17, 15) is 14.9 Å². The van der Waals surface area contributed by atoms with Crippen molar-refractivity contribution in [3.63, 3.8) is 0 Å². The largest absolute Gasteiger partial charge is 0.380 e. The van der Waals surface area contributed by atoms with Crippen LogP contribution < -0.4 is 10.6 Å². The van der Waals surface area contributed by atoms with E-state index >= 15 is 0 Å². The first-order valence-electron chi connectivity index (χ1n) is 6.39. The molecular weight excluding hydrogens is 274 g/mol. The number of nitro benzene ring substituents is 1. The summed E-state index contributed by atoms with van der Waals surface area (Å²) in [6, 6.07) is 4.35. The molecule has 8 nitrogen and oxygen atoms in total. The summed E-state index contributed by atoms with van der Waals surface area (Å²) < 4.78 is 0. The van der Waals surface area contributed by atoms with Crippen LogP contribution in [0, 0.1) is 10.1 Å². The molecule has 1 aromatic heterocycles. The highest BCUT2D eigenvalue weighted by Crippen LogP contribution is 2.25. The summed E-state index contributed by atoms with van der Waals surface area (Å²) in [5.74, 6) is -0.379. The van der Waals surface area contributed by atoms with Crippen molar-refractivity contribution in [2.45, 2.75) is 13.5 Å². The minimum Gasteiger partial charge on any atom is -0.380 e. The van der Waals surface area contributed by atoms with Gasteiger partial charge >= 0.3 is 0 Å². The molecule has 1 amide bonds. The van der Waals surface area contributed by atoms with Crippen LogP contribution in [-0.2, 0) is 6.54 Å². The third kappa shape index (κ3) is 3.56. The molecular formula is C13H15N5O3. The van der Waals surface area contributed by atoms with Crippen LogP contribution in [0.2, 0.25) is 0 Å². The Labute approximate surface area is 120 Å². The Bertz CT molecular complexity index is 639. The van der Waals surface area contributed by atoms with Gasteiger partial charge in [-0.1, -0.05) is 0 Å². The molecule has 0 aliphatic rings. The first-order chi connectivity index (χ1) is 10.1. The van der Waals surface area contributed by atoms with Crippen LogP contribution in [-0.4, -0.2) is 27.3 Å². The first-order valence-corrected chi connectivity index (χ1v) is 6.39. The highest BCUT2D eigenvalue weighted by molar-refractivity contribution is 5.95. The number of aromatic nitrogens is 2. The highest BCUT2D eigenvalue weighted by atomic mass is 16.6. The van der Waals surface area contributed by atoms with Gasteiger partial charge in [-0.2, -0.15) is 0 Å². The van der Waals surface area contributed by atoms with E-state index in [0.717, 1.165) is 5.69 Å². The van der Waals surface area contributed by atoms with Gasteiger partial charge in [0.1, 0.15) is 5.69 Å². The number of aromatic amines is 1. The van der Waals surface area contributed by atoms with E-state index in [1.165, 1.54) is 18.5 Å². The molecule has 1 heterocycles. The topological polar surface area (TPSA) is 113 Å². The molecule has 110 valence electrons. The molecule has 2 aromatic rings. The number of hydrogen-bond acceptors (Lipinski definition) is 5. The summed E-state index contributed by atoms with van der Waals surface area (Å²) in [5, 5.41) is 16.6. The minimum absolute atomic E-state index is 0.119. The summed E-state index contributed by atoms with van der Waals surface area (Å²) in [6.45, 7) is 2.68. The number of carbonyl (C=O) groups excluding carboxylic acids is 1. The van der Waals surface area contributed by atoms with Gasteiger partial charge in [0.25, 0.3) is 11.6 Å². The van der Waals surface area contributed by atoms with Crippen molar-refractivity contribution < 1.29 is 9.72 Å². The number of rotatable bonds is 6. The van der Waals surface area contributed by atoms with Crippen molar-refractivity contribution in [2.24, 2.45) is 0 Å². The van der Waals surface area contributed by atoms with Gasteiger partial charge in [-0.15, -0.1) is 0 Å². The van der Waals surface area contributed by atoms with E-state index in [-0.39, 0.29) is 23.7 Å². The number of H-pyrrole nitrogens is 1. The molecule has 21 heavy (non-hydrogen) atoms. The third-order valence-corrected chi connectivity index (χ3v) is 2.82. The average molecular weight is 289 g/mol. The Balaban J connectivity index is 2.13. The second-order valence-electron chi connectivity index (χ2n) is 4.28. The number of nitrogens with one attached hydrogen (secondary N) is 3. The molecule has 0 spiro atoms. The fourth-order valence-corrected chi connectivity index (χ4v) is 1.82. The van der Waals surface area contributed by atoms with Gasteiger partial charge in [-0.05, 0) is 19.1 Å². The van der Waals surface area contributed by atoms with Crippen molar-refractivity contribution >= 4 is 17.3 Å². The number of benzene rings is 1. The summed E-state index contributed by atoms with van der Waals surface area (Å²) in [5.41, 5.74) is 1.27. The van der Waals surface area contributed by atoms with Crippen molar-refractivity contribution in [1.82, 2.24) is 15.3 Å². The van der Waals surface area contributed by atoms with E-state index in [1.54, 1.807) is 12.3 Å². The maximum atomic E-state index is 12.0. The number of carbonyl (C=O) groups is 1. The fourth-order valence-electron chi connectivity index (χ4n) is 1.82. The summed E-state index contributed by atoms with van der Waals surface area (Å²) in [7, 11) is 0. The lowest BCUT2D eigenvalue weighted by atomic mass is 10.1. The lowest BCUT2D eigenvalue weighted by Gasteiger charge is -2.07. The van der Waals surface area contributed by atoms with Gasteiger partial charge in [0, 0.05) is 24.4 Å². The van der Waals surface area contributed by atoms with Gasteiger partial charge < -0.3 is 15.6 Å². The Morgan fingerprint density at radius 1 is 1.48 bits per heavy atom. The van der Waals surface area contributed by atoms with Crippen LogP contribution >= 0.6 is 0 Å². The molecule has 0 atom stereocenters. The van der Waals surface area contributed by atoms with E-state index < -0.39 is 4.92 Å². The van der Waals surface area contributed by atoms with Crippen molar-refractivity contribution in [2.75, 3.05) is 11.9 Å². The maximum absolute atomic E-state index is 12.0. The van der Waals surface area contributed by atoms with Crippen LogP contribution in [0.15, 0.2) is 30.7 Å². The lowest BCUT2D eigenvalue weighted by Crippen LogP contribution is -2.23. The smallest absolute Gasteiger partial charge is 0.293 e. The van der Waals surface area contributed by atoms with Crippen LogP contribution in [0.3, 0.4) is 0 Å². The molecule has 0 bridgehead atoms. The Morgan fingerprint density at radius 3 is 2.90 bits per heavy atom. The molecule has 0 aliphatic carbocycles. The molecule has 0 fully saturated rings.